The number of hydrogen-bond donors (Lipinski definition) is 1. The Morgan fingerprint density at radius 3 is 2.71 bits per heavy atom. The van der Waals surface area contributed by atoms with Crippen molar-refractivity contribution in [2.45, 2.75) is 56.4 Å². The molecule has 0 aromatic rings. The number of nitrogens with zero attached hydrogens (tertiary/aromatic N) is 1. The van der Waals surface area contributed by atoms with Crippen LogP contribution < -0.4 is 5.32 Å². The summed E-state index contributed by atoms with van der Waals surface area (Å²) in [5.74, 6) is 0.319. The molecule has 1 heterocycles. The Balaban J connectivity index is 1.89. The lowest BCUT2D eigenvalue weighted by Gasteiger charge is -2.43. The van der Waals surface area contributed by atoms with Gasteiger partial charge >= 0.3 is 0 Å². The number of carbonyl (C=O) groups excluding carboxylic acids is 1. The minimum absolute atomic E-state index is 0.0639. The molecule has 17 heavy (non-hydrogen) atoms. The Labute approximate surface area is 109 Å². The molecule has 2 rings (SSSR count). The van der Waals surface area contributed by atoms with Crippen molar-refractivity contribution in [2.24, 2.45) is 0 Å². The van der Waals surface area contributed by atoms with E-state index in [0.717, 1.165) is 19.5 Å². The summed E-state index contributed by atoms with van der Waals surface area (Å²) in [5.41, 5.74) is 0. The molecule has 0 bridgehead atoms. The van der Waals surface area contributed by atoms with E-state index in [9.17, 15) is 4.79 Å². The Kier molecular flexibility index (Phi) is 4.03. The molecule has 1 amide bonds. The van der Waals surface area contributed by atoms with Gasteiger partial charge in [-0.25, -0.2) is 0 Å². The van der Waals surface area contributed by atoms with Gasteiger partial charge in [0.2, 0.25) is 5.91 Å². The molecule has 98 valence electrons. The van der Waals surface area contributed by atoms with Crippen LogP contribution in [0.15, 0.2) is 0 Å². The Bertz CT molecular complexity index is 284. The average molecular weight is 256 g/mol. The summed E-state index contributed by atoms with van der Waals surface area (Å²) in [5, 5.41) is 3.36. The number of amides is 1. The third-order valence-corrected chi connectivity index (χ3v) is 5.41. The summed E-state index contributed by atoms with van der Waals surface area (Å²) in [6.45, 7) is 6.10. The van der Waals surface area contributed by atoms with Crippen molar-refractivity contribution in [3.8, 4) is 0 Å². The maximum Gasteiger partial charge on any atom is 0.239 e. The van der Waals surface area contributed by atoms with Crippen LogP contribution in [-0.2, 0) is 4.79 Å². The number of likely N-dealkylation sites (tertiary alicyclic amines) is 1. The van der Waals surface area contributed by atoms with Gasteiger partial charge in [-0.15, -0.1) is 0 Å². The summed E-state index contributed by atoms with van der Waals surface area (Å²) in [4.78, 5) is 14.3. The van der Waals surface area contributed by atoms with Gasteiger partial charge in [-0.1, -0.05) is 20.3 Å². The molecule has 1 saturated carbocycles. The highest BCUT2D eigenvalue weighted by atomic mass is 32.2. The zero-order chi connectivity index (χ0) is 12.5. The summed E-state index contributed by atoms with van der Waals surface area (Å²) < 4.78 is 0.377. The van der Waals surface area contributed by atoms with Crippen LogP contribution in [0.4, 0.5) is 0 Å². The number of carbonyl (C=O) groups is 1. The molecule has 0 radical (unpaired) electrons. The van der Waals surface area contributed by atoms with E-state index in [1.165, 1.54) is 19.3 Å². The van der Waals surface area contributed by atoms with Crippen molar-refractivity contribution in [3.63, 3.8) is 0 Å². The lowest BCUT2D eigenvalue weighted by Crippen LogP contribution is -2.48. The summed E-state index contributed by atoms with van der Waals surface area (Å²) in [7, 11) is 0. The minimum atomic E-state index is 0.0639. The van der Waals surface area contributed by atoms with Crippen LogP contribution in [-0.4, -0.2) is 47.0 Å². The van der Waals surface area contributed by atoms with Gasteiger partial charge < -0.3 is 10.2 Å². The monoisotopic (exact) mass is 256 g/mol. The Morgan fingerprint density at radius 1 is 1.53 bits per heavy atom. The molecular weight excluding hydrogens is 232 g/mol. The van der Waals surface area contributed by atoms with Crippen molar-refractivity contribution in [1.29, 1.82) is 0 Å². The molecule has 0 aromatic heterocycles. The third-order valence-electron chi connectivity index (χ3n) is 4.01. The van der Waals surface area contributed by atoms with Crippen molar-refractivity contribution in [1.82, 2.24) is 10.2 Å². The molecule has 0 aromatic carbocycles. The van der Waals surface area contributed by atoms with Crippen LogP contribution in [0.2, 0.25) is 0 Å². The zero-order valence-electron chi connectivity index (χ0n) is 11.2. The van der Waals surface area contributed by atoms with Crippen LogP contribution >= 0.6 is 11.8 Å². The predicted molar refractivity (Wildman–Crippen MR) is 73.4 cm³/mol. The highest BCUT2D eigenvalue weighted by Crippen LogP contribution is 2.43. The van der Waals surface area contributed by atoms with E-state index >= 15 is 0 Å². The maximum atomic E-state index is 12.2. The van der Waals surface area contributed by atoms with E-state index in [2.05, 4.69) is 30.3 Å². The molecule has 1 aliphatic carbocycles. The fourth-order valence-electron chi connectivity index (χ4n) is 2.80. The third kappa shape index (κ3) is 2.79. The van der Waals surface area contributed by atoms with Crippen LogP contribution in [0, 0.1) is 0 Å². The van der Waals surface area contributed by atoms with Crippen molar-refractivity contribution in [2.75, 3.05) is 19.3 Å². The van der Waals surface area contributed by atoms with Gasteiger partial charge in [0.1, 0.15) is 0 Å². The number of thioether (sulfide) groups is 1. The van der Waals surface area contributed by atoms with E-state index in [1.54, 1.807) is 0 Å². The molecule has 1 saturated heterocycles. The molecule has 0 spiro atoms. The van der Waals surface area contributed by atoms with Gasteiger partial charge in [0.05, 0.1) is 6.04 Å². The van der Waals surface area contributed by atoms with E-state index in [0.29, 0.717) is 16.7 Å². The van der Waals surface area contributed by atoms with Gasteiger partial charge in [0, 0.05) is 23.9 Å². The molecule has 2 fully saturated rings. The summed E-state index contributed by atoms with van der Waals surface area (Å²) >= 11 is 1.95. The molecule has 1 atom stereocenters. The molecule has 3 nitrogen and oxygen atoms in total. The zero-order valence-corrected chi connectivity index (χ0v) is 12.0. The van der Waals surface area contributed by atoms with Crippen molar-refractivity contribution in [3.05, 3.63) is 0 Å². The predicted octanol–water partition coefficient (Wildman–Crippen LogP) is 1.87. The SMILES string of the molecule is CSC1(CN2CCC(NC(C)C)C2=O)CCC1. The lowest BCUT2D eigenvalue weighted by atomic mass is 9.84. The second-order valence-corrected chi connectivity index (χ2v) is 6.94. The Hall–Kier alpha value is -0.220. The fourth-order valence-corrected chi connectivity index (χ4v) is 3.78. The maximum absolute atomic E-state index is 12.2. The number of hydrogen-bond acceptors (Lipinski definition) is 3. The first-order chi connectivity index (χ1) is 8.06. The lowest BCUT2D eigenvalue weighted by molar-refractivity contribution is -0.130. The highest BCUT2D eigenvalue weighted by molar-refractivity contribution is 8.00. The summed E-state index contributed by atoms with van der Waals surface area (Å²) in [6.07, 6.45) is 7.04. The van der Waals surface area contributed by atoms with Gasteiger partial charge in [-0.2, -0.15) is 11.8 Å². The number of nitrogens with one attached hydrogen (secondary N) is 1. The summed E-state index contributed by atoms with van der Waals surface area (Å²) in [6, 6.07) is 0.455. The van der Waals surface area contributed by atoms with Crippen LogP contribution in [0.3, 0.4) is 0 Å². The van der Waals surface area contributed by atoms with Crippen LogP contribution in [0.5, 0.6) is 0 Å². The molecular formula is C13H24N2OS. The van der Waals surface area contributed by atoms with Gasteiger partial charge in [0.25, 0.3) is 0 Å². The number of rotatable bonds is 5. The molecule has 1 aliphatic heterocycles. The molecule has 1 unspecified atom stereocenters. The first kappa shape index (κ1) is 13.2. The van der Waals surface area contributed by atoms with Gasteiger partial charge in [0.15, 0.2) is 0 Å². The first-order valence-corrected chi connectivity index (χ1v) is 7.89. The van der Waals surface area contributed by atoms with Crippen LogP contribution in [0.1, 0.15) is 39.5 Å². The Morgan fingerprint density at radius 2 is 2.24 bits per heavy atom. The van der Waals surface area contributed by atoms with E-state index in [1.807, 2.05) is 11.8 Å². The highest BCUT2D eigenvalue weighted by Gasteiger charge is 2.41. The normalized spacial score (nSPS) is 27.6. The first-order valence-electron chi connectivity index (χ1n) is 6.66. The quantitative estimate of drug-likeness (QED) is 0.815. The van der Waals surface area contributed by atoms with Crippen molar-refractivity contribution >= 4 is 17.7 Å². The van der Waals surface area contributed by atoms with Crippen molar-refractivity contribution < 1.29 is 4.79 Å². The smallest absolute Gasteiger partial charge is 0.239 e. The minimum Gasteiger partial charge on any atom is -0.340 e. The van der Waals surface area contributed by atoms with E-state index in [4.69, 9.17) is 0 Å². The van der Waals surface area contributed by atoms with Crippen LogP contribution in [0.25, 0.3) is 0 Å². The van der Waals surface area contributed by atoms with Gasteiger partial charge in [-0.3, -0.25) is 4.79 Å². The second kappa shape index (κ2) is 5.19. The molecule has 2 aliphatic rings. The largest absolute Gasteiger partial charge is 0.340 e. The van der Waals surface area contributed by atoms with E-state index < -0.39 is 0 Å². The van der Waals surface area contributed by atoms with Gasteiger partial charge in [-0.05, 0) is 25.5 Å². The average Bonchev–Trinajstić information content (AvgIpc) is 2.54. The fraction of sp³-hybridized carbons (Fsp3) is 0.923. The molecule has 4 heteroatoms. The second-order valence-electron chi connectivity index (χ2n) is 5.66. The standard InChI is InChI=1S/C13H24N2OS/c1-10(2)14-11-5-8-15(12(11)16)9-13(17-3)6-4-7-13/h10-11,14H,4-9H2,1-3H3. The topological polar surface area (TPSA) is 32.3 Å². The van der Waals surface area contributed by atoms with E-state index in [-0.39, 0.29) is 6.04 Å². The molecule has 1 N–H and O–H groups in total.